The summed E-state index contributed by atoms with van der Waals surface area (Å²) in [6, 6.07) is 16.4. The Morgan fingerprint density at radius 1 is 1.04 bits per heavy atom. The van der Waals surface area contributed by atoms with E-state index in [-0.39, 0.29) is 5.91 Å². The fourth-order valence-corrected chi connectivity index (χ4v) is 4.77. The van der Waals surface area contributed by atoms with Gasteiger partial charge in [0.05, 0.1) is 5.02 Å². The molecule has 1 aromatic heterocycles. The molecule has 25 heavy (non-hydrogen) atoms. The number of hydrogen-bond donors (Lipinski definition) is 0. The van der Waals surface area contributed by atoms with Gasteiger partial charge in [0.25, 0.3) is 5.91 Å². The van der Waals surface area contributed by atoms with Gasteiger partial charge in [-0.25, -0.2) is 0 Å². The maximum absolute atomic E-state index is 12.9. The number of halogens is 1. The number of hydrogen-bond acceptors (Lipinski definition) is 3. The monoisotopic (exact) mass is 370 g/mol. The second kappa shape index (κ2) is 6.70. The molecule has 2 aromatic carbocycles. The van der Waals surface area contributed by atoms with E-state index in [1.54, 1.807) is 0 Å². The third kappa shape index (κ3) is 3.12. The van der Waals surface area contributed by atoms with Gasteiger partial charge < -0.3 is 9.80 Å². The first-order valence-corrected chi connectivity index (χ1v) is 9.61. The Balaban J connectivity index is 1.50. The third-order valence-corrected chi connectivity index (χ3v) is 6.33. The van der Waals surface area contributed by atoms with Crippen LogP contribution < -0.4 is 4.90 Å². The summed E-state index contributed by atoms with van der Waals surface area (Å²) >= 11 is 7.95. The van der Waals surface area contributed by atoms with Gasteiger partial charge >= 0.3 is 0 Å². The Hall–Kier alpha value is -2.04. The van der Waals surface area contributed by atoms with Crippen molar-refractivity contribution in [2.24, 2.45) is 0 Å². The molecular formula is C20H19ClN2OS. The number of aryl methyl sites for hydroxylation is 1. The molecule has 4 rings (SSSR count). The SMILES string of the molecule is Cc1cccc(N2CCN(C(=O)c3sc4ccccc4c3Cl)CC2)c1. The van der Waals surface area contributed by atoms with Crippen molar-refractivity contribution in [3.63, 3.8) is 0 Å². The zero-order valence-electron chi connectivity index (χ0n) is 14.0. The molecule has 0 unspecified atom stereocenters. The molecular weight excluding hydrogens is 352 g/mol. The summed E-state index contributed by atoms with van der Waals surface area (Å²) < 4.78 is 1.06. The molecule has 0 spiro atoms. The molecule has 1 aliphatic heterocycles. The van der Waals surface area contributed by atoms with E-state index < -0.39 is 0 Å². The van der Waals surface area contributed by atoms with Gasteiger partial charge in [0.2, 0.25) is 0 Å². The fourth-order valence-electron chi connectivity index (χ4n) is 3.29. The van der Waals surface area contributed by atoms with Crippen LogP contribution in [0.1, 0.15) is 15.2 Å². The minimum absolute atomic E-state index is 0.0510. The van der Waals surface area contributed by atoms with Crippen LogP contribution in [0.5, 0.6) is 0 Å². The number of carbonyl (C=O) groups is 1. The van der Waals surface area contributed by atoms with Gasteiger partial charge in [0.1, 0.15) is 4.88 Å². The van der Waals surface area contributed by atoms with Gasteiger partial charge in [-0.3, -0.25) is 4.79 Å². The highest BCUT2D eigenvalue weighted by Crippen LogP contribution is 2.36. The summed E-state index contributed by atoms with van der Waals surface area (Å²) in [5, 5.41) is 1.56. The lowest BCUT2D eigenvalue weighted by molar-refractivity contribution is 0.0752. The number of carbonyl (C=O) groups excluding carboxylic acids is 1. The van der Waals surface area contributed by atoms with Crippen molar-refractivity contribution in [3.05, 3.63) is 64.0 Å². The number of fused-ring (bicyclic) bond motifs is 1. The predicted octanol–water partition coefficient (Wildman–Crippen LogP) is 4.83. The molecule has 0 atom stereocenters. The lowest BCUT2D eigenvalue weighted by atomic mass is 10.2. The molecule has 1 aliphatic rings. The molecule has 0 bridgehead atoms. The molecule has 0 aliphatic carbocycles. The molecule has 1 saturated heterocycles. The van der Waals surface area contributed by atoms with E-state index in [2.05, 4.69) is 36.1 Å². The van der Waals surface area contributed by atoms with Crippen molar-refractivity contribution >= 4 is 44.6 Å². The van der Waals surface area contributed by atoms with Crippen molar-refractivity contribution in [2.45, 2.75) is 6.92 Å². The van der Waals surface area contributed by atoms with Crippen molar-refractivity contribution in [1.82, 2.24) is 4.90 Å². The maximum Gasteiger partial charge on any atom is 0.265 e. The average molecular weight is 371 g/mol. The second-order valence-electron chi connectivity index (χ2n) is 6.36. The van der Waals surface area contributed by atoms with E-state index in [0.717, 1.165) is 36.3 Å². The highest BCUT2D eigenvalue weighted by atomic mass is 35.5. The van der Waals surface area contributed by atoms with E-state index in [1.807, 2.05) is 29.2 Å². The Kier molecular flexibility index (Phi) is 4.40. The van der Waals surface area contributed by atoms with Crippen molar-refractivity contribution in [3.8, 4) is 0 Å². The van der Waals surface area contributed by atoms with Crippen LogP contribution in [0.15, 0.2) is 48.5 Å². The largest absolute Gasteiger partial charge is 0.368 e. The molecule has 3 nitrogen and oxygen atoms in total. The number of nitrogens with zero attached hydrogens (tertiary/aromatic N) is 2. The van der Waals surface area contributed by atoms with Gasteiger partial charge in [0.15, 0.2) is 0 Å². The summed E-state index contributed by atoms with van der Waals surface area (Å²) in [6.45, 7) is 5.23. The standard InChI is InChI=1S/C20H19ClN2OS/c1-14-5-4-6-15(13-14)22-9-11-23(12-10-22)20(24)19-18(21)16-7-2-3-8-17(16)25-19/h2-8,13H,9-12H2,1H3. The predicted molar refractivity (Wildman–Crippen MR) is 106 cm³/mol. The number of rotatable bonds is 2. The van der Waals surface area contributed by atoms with Crippen molar-refractivity contribution in [1.29, 1.82) is 0 Å². The molecule has 5 heteroatoms. The molecule has 1 fully saturated rings. The lowest BCUT2D eigenvalue weighted by Crippen LogP contribution is -2.48. The van der Waals surface area contributed by atoms with Crippen LogP contribution >= 0.6 is 22.9 Å². The highest BCUT2D eigenvalue weighted by Gasteiger charge is 2.26. The van der Waals surface area contributed by atoms with Crippen LogP contribution in [-0.2, 0) is 0 Å². The van der Waals surface area contributed by atoms with Crippen molar-refractivity contribution in [2.75, 3.05) is 31.1 Å². The van der Waals surface area contributed by atoms with Crippen LogP contribution in [0.2, 0.25) is 5.02 Å². The quantitative estimate of drug-likeness (QED) is 0.645. The van der Waals surface area contributed by atoms with E-state index in [4.69, 9.17) is 11.6 Å². The molecule has 0 N–H and O–H groups in total. The van der Waals surface area contributed by atoms with Crippen molar-refractivity contribution < 1.29 is 4.79 Å². The van der Waals surface area contributed by atoms with Crippen LogP contribution in [-0.4, -0.2) is 37.0 Å². The van der Waals surface area contributed by atoms with Gasteiger partial charge in [0, 0.05) is 42.0 Å². The molecule has 128 valence electrons. The van der Waals surface area contributed by atoms with E-state index in [1.165, 1.54) is 22.6 Å². The van der Waals surface area contributed by atoms with Crippen LogP contribution in [0.3, 0.4) is 0 Å². The maximum atomic E-state index is 12.9. The first kappa shape index (κ1) is 16.4. The Labute approximate surface area is 156 Å². The number of anilines is 1. The smallest absolute Gasteiger partial charge is 0.265 e. The zero-order valence-corrected chi connectivity index (χ0v) is 15.6. The number of piperazine rings is 1. The van der Waals surface area contributed by atoms with Gasteiger partial charge in [-0.05, 0) is 30.7 Å². The average Bonchev–Trinajstić information content (AvgIpc) is 2.98. The Bertz CT molecular complexity index is 928. The highest BCUT2D eigenvalue weighted by molar-refractivity contribution is 7.21. The summed E-state index contributed by atoms with van der Waals surface area (Å²) in [7, 11) is 0. The molecule has 1 amide bonds. The van der Waals surface area contributed by atoms with Crippen LogP contribution in [0.4, 0.5) is 5.69 Å². The van der Waals surface area contributed by atoms with Crippen LogP contribution in [0.25, 0.3) is 10.1 Å². The minimum atomic E-state index is 0.0510. The number of thiophene rings is 1. The fraction of sp³-hybridized carbons (Fsp3) is 0.250. The topological polar surface area (TPSA) is 23.6 Å². The summed E-state index contributed by atoms with van der Waals surface area (Å²) in [4.78, 5) is 17.8. The first-order valence-electron chi connectivity index (χ1n) is 8.41. The van der Waals surface area contributed by atoms with Gasteiger partial charge in [-0.2, -0.15) is 0 Å². The first-order chi connectivity index (χ1) is 12.1. The second-order valence-corrected chi connectivity index (χ2v) is 7.79. The zero-order chi connectivity index (χ0) is 17.4. The van der Waals surface area contributed by atoms with E-state index in [0.29, 0.717) is 9.90 Å². The number of amides is 1. The van der Waals surface area contributed by atoms with Crippen LogP contribution in [0, 0.1) is 6.92 Å². The molecule has 3 aromatic rings. The molecule has 0 radical (unpaired) electrons. The summed E-state index contributed by atoms with van der Waals surface area (Å²) in [5.74, 6) is 0.0510. The summed E-state index contributed by atoms with van der Waals surface area (Å²) in [6.07, 6.45) is 0. The lowest BCUT2D eigenvalue weighted by Gasteiger charge is -2.36. The minimum Gasteiger partial charge on any atom is -0.368 e. The van der Waals surface area contributed by atoms with Gasteiger partial charge in [-0.1, -0.05) is 41.9 Å². The normalized spacial score (nSPS) is 15.0. The summed E-state index contributed by atoms with van der Waals surface area (Å²) in [5.41, 5.74) is 2.49. The van der Waals surface area contributed by atoms with E-state index >= 15 is 0 Å². The molecule has 2 heterocycles. The van der Waals surface area contributed by atoms with E-state index in [9.17, 15) is 4.79 Å². The van der Waals surface area contributed by atoms with Gasteiger partial charge in [-0.15, -0.1) is 11.3 Å². The number of benzene rings is 2. The Morgan fingerprint density at radius 2 is 1.80 bits per heavy atom. The molecule has 0 saturated carbocycles. The third-order valence-electron chi connectivity index (χ3n) is 4.66. The Morgan fingerprint density at radius 3 is 2.52 bits per heavy atom.